The molecule has 1 unspecified atom stereocenters. The molecule has 3 heteroatoms. The van der Waals surface area contributed by atoms with E-state index < -0.39 is 11.5 Å². The third-order valence-electron chi connectivity index (χ3n) is 3.85. The summed E-state index contributed by atoms with van der Waals surface area (Å²) in [7, 11) is 0. The van der Waals surface area contributed by atoms with Crippen molar-refractivity contribution in [2.75, 3.05) is 5.32 Å². The van der Waals surface area contributed by atoms with Gasteiger partial charge in [0.15, 0.2) is 5.54 Å². The summed E-state index contributed by atoms with van der Waals surface area (Å²) in [6, 6.07) is 15.4. The van der Waals surface area contributed by atoms with Gasteiger partial charge in [-0.3, -0.25) is 0 Å². The predicted octanol–water partition coefficient (Wildman–Crippen LogP) is 4.11. The first kappa shape index (κ1) is 15.1. The highest BCUT2D eigenvalue weighted by atomic mass is 16.4. The van der Waals surface area contributed by atoms with Crippen molar-refractivity contribution in [1.29, 1.82) is 0 Å². The highest BCUT2D eigenvalue weighted by molar-refractivity contribution is 5.84. The van der Waals surface area contributed by atoms with Crippen LogP contribution in [0.2, 0.25) is 0 Å². The Morgan fingerprint density at radius 1 is 1.00 bits per heavy atom. The average molecular weight is 283 g/mol. The summed E-state index contributed by atoms with van der Waals surface area (Å²) < 4.78 is 0. The second-order valence-corrected chi connectivity index (χ2v) is 5.42. The molecule has 0 fully saturated rings. The van der Waals surface area contributed by atoms with E-state index in [9.17, 15) is 9.90 Å². The highest BCUT2D eigenvalue weighted by Crippen LogP contribution is 2.30. The number of hydrogen-bond donors (Lipinski definition) is 2. The van der Waals surface area contributed by atoms with Crippen molar-refractivity contribution in [3.05, 3.63) is 65.2 Å². The summed E-state index contributed by atoms with van der Waals surface area (Å²) in [5.41, 5.74) is 2.73. The van der Waals surface area contributed by atoms with E-state index >= 15 is 0 Å². The maximum absolute atomic E-state index is 11.9. The van der Waals surface area contributed by atoms with Crippen LogP contribution in [0.5, 0.6) is 0 Å². The van der Waals surface area contributed by atoms with Crippen molar-refractivity contribution >= 4 is 11.7 Å². The zero-order valence-corrected chi connectivity index (χ0v) is 12.7. The molecule has 1 atom stereocenters. The highest BCUT2D eigenvalue weighted by Gasteiger charge is 2.38. The van der Waals surface area contributed by atoms with E-state index in [0.717, 1.165) is 22.4 Å². The molecule has 21 heavy (non-hydrogen) atoms. The van der Waals surface area contributed by atoms with Crippen molar-refractivity contribution in [3.63, 3.8) is 0 Å². The number of rotatable bonds is 5. The number of carboxylic acid groups (broad SMARTS) is 1. The van der Waals surface area contributed by atoms with Gasteiger partial charge >= 0.3 is 5.97 Å². The standard InChI is InChI=1S/C18H21NO2/c1-4-18(17(20)21,15-9-5-13(2)6-10-15)19-16-11-7-14(3)8-12-16/h5-12,19H,4H2,1-3H3,(H,20,21). The Hall–Kier alpha value is -2.29. The van der Waals surface area contributed by atoms with Gasteiger partial charge in [0.25, 0.3) is 0 Å². The van der Waals surface area contributed by atoms with Crippen LogP contribution in [0.3, 0.4) is 0 Å². The third-order valence-corrected chi connectivity index (χ3v) is 3.85. The van der Waals surface area contributed by atoms with Gasteiger partial charge in [-0.25, -0.2) is 4.79 Å². The van der Waals surface area contributed by atoms with E-state index in [1.807, 2.05) is 69.3 Å². The Balaban J connectivity index is 2.44. The molecule has 0 aliphatic rings. The summed E-state index contributed by atoms with van der Waals surface area (Å²) in [4.78, 5) is 11.9. The van der Waals surface area contributed by atoms with Gasteiger partial charge in [0.1, 0.15) is 0 Å². The van der Waals surface area contributed by atoms with Crippen molar-refractivity contribution in [3.8, 4) is 0 Å². The number of anilines is 1. The van der Waals surface area contributed by atoms with Crippen LogP contribution in [-0.4, -0.2) is 11.1 Å². The van der Waals surface area contributed by atoms with E-state index in [-0.39, 0.29) is 0 Å². The zero-order valence-electron chi connectivity index (χ0n) is 12.7. The van der Waals surface area contributed by atoms with Crippen LogP contribution in [0.25, 0.3) is 0 Å². The topological polar surface area (TPSA) is 49.3 Å². The minimum Gasteiger partial charge on any atom is -0.479 e. The van der Waals surface area contributed by atoms with Crippen LogP contribution in [0.15, 0.2) is 48.5 Å². The van der Waals surface area contributed by atoms with Gasteiger partial charge < -0.3 is 10.4 Å². The first-order valence-electron chi connectivity index (χ1n) is 7.13. The first-order valence-corrected chi connectivity index (χ1v) is 7.13. The Labute approximate surface area is 125 Å². The molecule has 0 spiro atoms. The van der Waals surface area contributed by atoms with Crippen LogP contribution in [0.1, 0.15) is 30.0 Å². The molecule has 0 heterocycles. The Morgan fingerprint density at radius 3 is 1.90 bits per heavy atom. The van der Waals surface area contributed by atoms with Gasteiger partial charge in [-0.05, 0) is 38.0 Å². The fraction of sp³-hybridized carbons (Fsp3) is 0.278. The zero-order chi connectivity index (χ0) is 15.5. The molecule has 0 bridgehead atoms. The van der Waals surface area contributed by atoms with Crippen LogP contribution < -0.4 is 5.32 Å². The number of aliphatic carboxylic acids is 1. The quantitative estimate of drug-likeness (QED) is 0.868. The molecular weight excluding hydrogens is 262 g/mol. The second-order valence-electron chi connectivity index (χ2n) is 5.42. The van der Waals surface area contributed by atoms with Crippen molar-refractivity contribution in [2.45, 2.75) is 32.7 Å². The van der Waals surface area contributed by atoms with Crippen LogP contribution in [-0.2, 0) is 10.3 Å². The SMILES string of the molecule is CCC(Nc1ccc(C)cc1)(C(=O)O)c1ccc(C)cc1. The minimum atomic E-state index is -1.11. The Morgan fingerprint density at radius 2 is 1.48 bits per heavy atom. The molecular formula is C18H21NO2. The normalized spacial score (nSPS) is 13.5. The summed E-state index contributed by atoms with van der Waals surface area (Å²) in [5.74, 6) is -0.866. The molecule has 110 valence electrons. The molecule has 3 nitrogen and oxygen atoms in total. The van der Waals surface area contributed by atoms with Gasteiger partial charge in [-0.15, -0.1) is 0 Å². The van der Waals surface area contributed by atoms with Crippen LogP contribution in [0, 0.1) is 13.8 Å². The summed E-state index contributed by atoms with van der Waals surface area (Å²) in [5, 5.41) is 13.0. The lowest BCUT2D eigenvalue weighted by molar-refractivity contribution is -0.142. The number of hydrogen-bond acceptors (Lipinski definition) is 2. The molecule has 0 aliphatic heterocycles. The van der Waals surface area contributed by atoms with Gasteiger partial charge in [0.2, 0.25) is 0 Å². The summed E-state index contributed by atoms with van der Waals surface area (Å²) in [6.45, 7) is 5.88. The maximum atomic E-state index is 11.9. The smallest absolute Gasteiger partial charge is 0.334 e. The lowest BCUT2D eigenvalue weighted by atomic mass is 9.86. The van der Waals surface area contributed by atoms with Gasteiger partial charge in [-0.1, -0.05) is 54.4 Å². The Kier molecular flexibility index (Phi) is 4.32. The molecule has 0 aromatic heterocycles. The van der Waals surface area contributed by atoms with E-state index in [1.165, 1.54) is 0 Å². The molecule has 0 saturated carbocycles. The summed E-state index contributed by atoms with van der Waals surface area (Å²) >= 11 is 0. The molecule has 0 aliphatic carbocycles. The molecule has 0 amide bonds. The fourth-order valence-corrected chi connectivity index (χ4v) is 2.41. The van der Waals surface area contributed by atoms with E-state index in [1.54, 1.807) is 0 Å². The number of nitrogens with one attached hydrogen (secondary N) is 1. The van der Waals surface area contributed by atoms with Crippen LogP contribution in [0.4, 0.5) is 5.69 Å². The third kappa shape index (κ3) is 3.07. The lowest BCUT2D eigenvalue weighted by Crippen LogP contribution is -2.43. The van der Waals surface area contributed by atoms with Crippen molar-refractivity contribution in [2.24, 2.45) is 0 Å². The number of carboxylic acids is 1. The van der Waals surface area contributed by atoms with Crippen molar-refractivity contribution < 1.29 is 9.90 Å². The minimum absolute atomic E-state index is 0.458. The molecule has 2 aromatic rings. The van der Waals surface area contributed by atoms with Gasteiger partial charge in [0, 0.05) is 5.69 Å². The molecule has 0 radical (unpaired) electrons. The van der Waals surface area contributed by atoms with Crippen LogP contribution >= 0.6 is 0 Å². The fourth-order valence-electron chi connectivity index (χ4n) is 2.41. The number of benzene rings is 2. The molecule has 2 aromatic carbocycles. The molecule has 2 N–H and O–H groups in total. The first-order chi connectivity index (χ1) is 9.98. The van der Waals surface area contributed by atoms with E-state index in [4.69, 9.17) is 0 Å². The Bertz CT molecular complexity index is 617. The van der Waals surface area contributed by atoms with Gasteiger partial charge in [-0.2, -0.15) is 0 Å². The van der Waals surface area contributed by atoms with Crippen molar-refractivity contribution in [1.82, 2.24) is 0 Å². The lowest BCUT2D eigenvalue weighted by Gasteiger charge is -2.31. The van der Waals surface area contributed by atoms with E-state index in [0.29, 0.717) is 6.42 Å². The largest absolute Gasteiger partial charge is 0.479 e. The maximum Gasteiger partial charge on any atom is 0.334 e. The molecule has 2 rings (SSSR count). The average Bonchev–Trinajstić information content (AvgIpc) is 2.47. The summed E-state index contributed by atoms with van der Waals surface area (Å²) in [6.07, 6.45) is 0.458. The van der Waals surface area contributed by atoms with Gasteiger partial charge in [0.05, 0.1) is 0 Å². The number of carbonyl (C=O) groups is 1. The van der Waals surface area contributed by atoms with E-state index in [2.05, 4.69) is 5.32 Å². The number of aryl methyl sites for hydroxylation is 2. The monoisotopic (exact) mass is 283 g/mol. The predicted molar refractivity (Wildman–Crippen MR) is 85.6 cm³/mol. The molecule has 0 saturated heterocycles. The second kappa shape index (κ2) is 6.00.